The maximum absolute atomic E-state index is 11.9. The standard InChI is InChI=1S/C16H19N3O.2ClH/c17-15-9-2-1-8-14(15)16(20)19-11-4-3-6-13-7-5-10-18-12-13;;/h1-2,5,7-10,12H,3-4,6,11,17H2,(H,19,20);2*1H. The molecule has 3 N–H and O–H groups in total. The number of aromatic nitrogens is 1. The highest BCUT2D eigenvalue weighted by atomic mass is 35.5. The number of nitrogen functional groups attached to an aromatic ring is 1. The smallest absolute Gasteiger partial charge is 0.253 e. The number of rotatable bonds is 6. The third kappa shape index (κ3) is 6.33. The lowest BCUT2D eigenvalue weighted by atomic mass is 10.1. The highest BCUT2D eigenvalue weighted by molar-refractivity contribution is 5.99. The Morgan fingerprint density at radius 2 is 1.86 bits per heavy atom. The molecule has 22 heavy (non-hydrogen) atoms. The van der Waals surface area contributed by atoms with Crippen LogP contribution in [0, 0.1) is 0 Å². The Kier molecular flexibility index (Phi) is 10.00. The Balaban J connectivity index is 0.00000220. The van der Waals surface area contributed by atoms with Gasteiger partial charge in [0, 0.05) is 24.6 Å². The van der Waals surface area contributed by atoms with Crippen LogP contribution in [0.4, 0.5) is 5.69 Å². The van der Waals surface area contributed by atoms with Gasteiger partial charge in [-0.05, 0) is 43.0 Å². The fourth-order valence-corrected chi connectivity index (χ4v) is 2.00. The molecule has 6 heteroatoms. The summed E-state index contributed by atoms with van der Waals surface area (Å²) >= 11 is 0. The predicted molar refractivity (Wildman–Crippen MR) is 94.9 cm³/mol. The van der Waals surface area contributed by atoms with E-state index in [2.05, 4.69) is 16.4 Å². The lowest BCUT2D eigenvalue weighted by Gasteiger charge is -2.07. The third-order valence-corrected chi connectivity index (χ3v) is 3.11. The number of halogens is 2. The van der Waals surface area contributed by atoms with Crippen molar-refractivity contribution in [1.29, 1.82) is 0 Å². The summed E-state index contributed by atoms with van der Waals surface area (Å²) in [4.78, 5) is 16.0. The summed E-state index contributed by atoms with van der Waals surface area (Å²) in [6.45, 7) is 0.660. The summed E-state index contributed by atoms with van der Waals surface area (Å²) in [6.07, 6.45) is 6.60. The van der Waals surface area contributed by atoms with Crippen molar-refractivity contribution in [2.45, 2.75) is 19.3 Å². The lowest BCUT2D eigenvalue weighted by Crippen LogP contribution is -2.25. The van der Waals surface area contributed by atoms with Crippen LogP contribution in [-0.2, 0) is 6.42 Å². The van der Waals surface area contributed by atoms with E-state index in [-0.39, 0.29) is 30.7 Å². The van der Waals surface area contributed by atoms with Gasteiger partial charge in [-0.15, -0.1) is 24.8 Å². The van der Waals surface area contributed by atoms with Gasteiger partial charge in [0.15, 0.2) is 0 Å². The van der Waals surface area contributed by atoms with E-state index in [0.717, 1.165) is 19.3 Å². The molecule has 120 valence electrons. The van der Waals surface area contributed by atoms with Gasteiger partial charge < -0.3 is 11.1 Å². The summed E-state index contributed by atoms with van der Waals surface area (Å²) in [5.74, 6) is -0.107. The van der Waals surface area contributed by atoms with Gasteiger partial charge in [0.1, 0.15) is 0 Å². The van der Waals surface area contributed by atoms with Gasteiger partial charge in [-0.1, -0.05) is 18.2 Å². The van der Waals surface area contributed by atoms with Crippen molar-refractivity contribution in [1.82, 2.24) is 10.3 Å². The van der Waals surface area contributed by atoms with E-state index in [4.69, 9.17) is 5.73 Å². The van der Waals surface area contributed by atoms with E-state index in [9.17, 15) is 4.79 Å². The topological polar surface area (TPSA) is 68.0 Å². The largest absolute Gasteiger partial charge is 0.398 e. The SMILES string of the molecule is Cl.Cl.Nc1ccccc1C(=O)NCCCCc1cccnc1. The van der Waals surface area contributed by atoms with Crippen LogP contribution in [0.3, 0.4) is 0 Å². The lowest BCUT2D eigenvalue weighted by molar-refractivity contribution is 0.0954. The van der Waals surface area contributed by atoms with Crippen LogP contribution in [0.15, 0.2) is 48.8 Å². The van der Waals surface area contributed by atoms with Crippen LogP contribution < -0.4 is 11.1 Å². The normalized spacial score (nSPS) is 9.27. The molecule has 0 fully saturated rings. The zero-order valence-corrected chi connectivity index (χ0v) is 13.8. The highest BCUT2D eigenvalue weighted by Gasteiger charge is 2.07. The summed E-state index contributed by atoms with van der Waals surface area (Å²) < 4.78 is 0. The molecule has 0 saturated heterocycles. The van der Waals surface area contributed by atoms with Gasteiger partial charge in [-0.3, -0.25) is 9.78 Å². The molecule has 1 amide bonds. The van der Waals surface area contributed by atoms with Gasteiger partial charge in [0.2, 0.25) is 0 Å². The predicted octanol–water partition coefficient (Wildman–Crippen LogP) is 3.26. The zero-order chi connectivity index (χ0) is 14.2. The van der Waals surface area contributed by atoms with Crippen LogP contribution in [0.5, 0.6) is 0 Å². The number of hydrogen-bond acceptors (Lipinski definition) is 3. The van der Waals surface area contributed by atoms with E-state index in [1.807, 2.05) is 24.4 Å². The number of aryl methyl sites for hydroxylation is 1. The van der Waals surface area contributed by atoms with Crippen LogP contribution in [0.25, 0.3) is 0 Å². The van der Waals surface area contributed by atoms with Gasteiger partial charge in [0.05, 0.1) is 5.56 Å². The number of anilines is 1. The molecule has 0 bridgehead atoms. The Labute approximate surface area is 143 Å². The number of para-hydroxylation sites is 1. The molecule has 1 heterocycles. The molecule has 0 radical (unpaired) electrons. The number of nitrogens with zero attached hydrogens (tertiary/aromatic N) is 1. The molecule has 0 spiro atoms. The van der Waals surface area contributed by atoms with Crippen molar-refractivity contribution in [3.05, 3.63) is 59.9 Å². The quantitative estimate of drug-likeness (QED) is 0.625. The second-order valence-electron chi connectivity index (χ2n) is 4.66. The van der Waals surface area contributed by atoms with Gasteiger partial charge in [0.25, 0.3) is 5.91 Å². The van der Waals surface area contributed by atoms with Crippen molar-refractivity contribution < 1.29 is 4.79 Å². The Hall–Kier alpha value is -1.78. The number of unbranched alkanes of at least 4 members (excludes halogenated alkanes) is 1. The van der Waals surface area contributed by atoms with E-state index in [1.54, 1.807) is 18.3 Å². The fourth-order valence-electron chi connectivity index (χ4n) is 2.00. The van der Waals surface area contributed by atoms with Crippen LogP contribution in [-0.4, -0.2) is 17.4 Å². The maximum Gasteiger partial charge on any atom is 0.253 e. The summed E-state index contributed by atoms with van der Waals surface area (Å²) in [5.41, 5.74) is 8.04. The number of carbonyl (C=O) groups is 1. The molecule has 1 aromatic carbocycles. The molecule has 0 aliphatic heterocycles. The summed E-state index contributed by atoms with van der Waals surface area (Å²) in [6, 6.07) is 11.1. The average Bonchev–Trinajstić information content (AvgIpc) is 2.48. The van der Waals surface area contributed by atoms with Crippen LogP contribution in [0.2, 0.25) is 0 Å². The minimum absolute atomic E-state index is 0. The van der Waals surface area contributed by atoms with E-state index in [0.29, 0.717) is 17.8 Å². The minimum atomic E-state index is -0.107. The molecular weight excluding hydrogens is 321 g/mol. The van der Waals surface area contributed by atoms with Crippen molar-refractivity contribution in [2.24, 2.45) is 0 Å². The molecule has 4 nitrogen and oxygen atoms in total. The fraction of sp³-hybridized carbons (Fsp3) is 0.250. The minimum Gasteiger partial charge on any atom is -0.398 e. The Morgan fingerprint density at radius 3 is 2.55 bits per heavy atom. The van der Waals surface area contributed by atoms with Crippen LogP contribution >= 0.6 is 24.8 Å². The van der Waals surface area contributed by atoms with Crippen molar-refractivity contribution in [2.75, 3.05) is 12.3 Å². The number of benzene rings is 1. The molecule has 0 aliphatic carbocycles. The van der Waals surface area contributed by atoms with Gasteiger partial charge in [-0.2, -0.15) is 0 Å². The van der Waals surface area contributed by atoms with Crippen molar-refractivity contribution >= 4 is 36.4 Å². The molecule has 2 rings (SSSR count). The molecular formula is C16H21Cl2N3O. The third-order valence-electron chi connectivity index (χ3n) is 3.11. The number of nitrogens with two attached hydrogens (primary N) is 1. The number of pyridine rings is 1. The zero-order valence-electron chi connectivity index (χ0n) is 12.2. The molecule has 0 unspecified atom stereocenters. The molecule has 0 atom stereocenters. The first-order chi connectivity index (χ1) is 9.77. The van der Waals surface area contributed by atoms with Gasteiger partial charge >= 0.3 is 0 Å². The summed E-state index contributed by atoms with van der Waals surface area (Å²) in [5, 5.41) is 2.89. The molecule has 2 aromatic rings. The first-order valence-electron chi connectivity index (χ1n) is 6.79. The molecule has 0 saturated carbocycles. The van der Waals surface area contributed by atoms with Crippen molar-refractivity contribution in [3.8, 4) is 0 Å². The van der Waals surface area contributed by atoms with Crippen LogP contribution in [0.1, 0.15) is 28.8 Å². The monoisotopic (exact) mass is 341 g/mol. The number of nitrogens with one attached hydrogen (secondary N) is 1. The number of hydrogen-bond donors (Lipinski definition) is 2. The number of carbonyl (C=O) groups excluding carboxylic acids is 1. The second kappa shape index (κ2) is 10.9. The first-order valence-corrected chi connectivity index (χ1v) is 6.79. The molecule has 1 aromatic heterocycles. The second-order valence-corrected chi connectivity index (χ2v) is 4.66. The first kappa shape index (κ1) is 20.2. The maximum atomic E-state index is 11.9. The van der Waals surface area contributed by atoms with E-state index < -0.39 is 0 Å². The summed E-state index contributed by atoms with van der Waals surface area (Å²) in [7, 11) is 0. The number of amides is 1. The van der Waals surface area contributed by atoms with Crippen molar-refractivity contribution in [3.63, 3.8) is 0 Å². The highest BCUT2D eigenvalue weighted by Crippen LogP contribution is 2.10. The van der Waals surface area contributed by atoms with E-state index >= 15 is 0 Å². The van der Waals surface area contributed by atoms with Gasteiger partial charge in [-0.25, -0.2) is 0 Å². The Morgan fingerprint density at radius 1 is 1.09 bits per heavy atom. The molecule has 0 aliphatic rings. The van der Waals surface area contributed by atoms with E-state index in [1.165, 1.54) is 5.56 Å². The Bertz CT molecular complexity index is 564. The average molecular weight is 342 g/mol.